The Balaban J connectivity index is 4.36. The molecule has 0 aliphatic heterocycles. The van der Waals surface area contributed by atoms with Crippen molar-refractivity contribution in [1.29, 1.82) is 0 Å². The van der Waals surface area contributed by atoms with E-state index in [1.807, 2.05) is 0 Å². The van der Waals surface area contributed by atoms with Crippen LogP contribution in [-0.4, -0.2) is 37.2 Å². The second-order valence-electron chi connectivity index (χ2n) is 22.3. The molecule has 0 aromatic rings. The van der Waals surface area contributed by atoms with Crippen LogP contribution >= 0.6 is 0 Å². The summed E-state index contributed by atoms with van der Waals surface area (Å²) in [7, 11) is 0. The Bertz CT molecular complexity index is 1540. The van der Waals surface area contributed by atoms with Crippen LogP contribution in [0.25, 0.3) is 0 Å². The van der Waals surface area contributed by atoms with Gasteiger partial charge in [-0.1, -0.05) is 285 Å². The maximum absolute atomic E-state index is 12.9. The van der Waals surface area contributed by atoms with Crippen LogP contribution < -0.4 is 0 Å². The lowest BCUT2D eigenvalue weighted by Gasteiger charge is -2.18. The number of hydrogen-bond acceptors (Lipinski definition) is 6. The highest BCUT2D eigenvalue weighted by molar-refractivity contribution is 5.71. The SMILES string of the molecule is CC/C=C\C/C=C\C/C=C\C/C=C\C/C=C\C/C=C\CCCCCCCCCCC(=O)OCC(COC(=O)CCCCCCCCC/C=C\CCCCCCCC)OC(=O)CCCCCCCCC/C=C\CCCCCCCC. The summed E-state index contributed by atoms with van der Waals surface area (Å²) < 4.78 is 17.0. The second-order valence-corrected chi connectivity index (χ2v) is 22.3. The molecule has 0 amide bonds. The van der Waals surface area contributed by atoms with E-state index in [-0.39, 0.29) is 31.1 Å². The van der Waals surface area contributed by atoms with Gasteiger partial charge >= 0.3 is 17.9 Å². The molecule has 0 aromatic heterocycles. The lowest BCUT2D eigenvalue weighted by atomic mass is 10.1. The number of hydrogen-bond donors (Lipinski definition) is 0. The summed E-state index contributed by atoms with van der Waals surface area (Å²) in [6.45, 7) is 6.54. The van der Waals surface area contributed by atoms with Crippen molar-refractivity contribution in [3.63, 3.8) is 0 Å². The second kappa shape index (κ2) is 66.8. The zero-order valence-corrected chi connectivity index (χ0v) is 52.1. The minimum atomic E-state index is -0.787. The van der Waals surface area contributed by atoms with E-state index in [4.69, 9.17) is 14.2 Å². The van der Waals surface area contributed by atoms with Gasteiger partial charge in [0.25, 0.3) is 0 Å². The topological polar surface area (TPSA) is 78.9 Å². The van der Waals surface area contributed by atoms with Crippen LogP contribution in [0.2, 0.25) is 0 Å². The van der Waals surface area contributed by atoms with Gasteiger partial charge in [0.2, 0.25) is 0 Å². The highest BCUT2D eigenvalue weighted by atomic mass is 16.6. The molecular formula is C73H126O6. The van der Waals surface area contributed by atoms with E-state index < -0.39 is 6.10 Å². The van der Waals surface area contributed by atoms with Crippen molar-refractivity contribution in [3.05, 3.63) is 97.2 Å². The van der Waals surface area contributed by atoms with Crippen LogP contribution in [0.5, 0.6) is 0 Å². The van der Waals surface area contributed by atoms with E-state index in [9.17, 15) is 14.4 Å². The fraction of sp³-hybridized carbons (Fsp3) is 0.740. The van der Waals surface area contributed by atoms with Gasteiger partial charge in [-0.05, 0) is 122 Å². The number of carbonyl (C=O) groups is 3. The molecule has 1 atom stereocenters. The molecule has 0 saturated carbocycles. The van der Waals surface area contributed by atoms with Gasteiger partial charge in [-0.25, -0.2) is 0 Å². The molecular weight excluding hydrogens is 973 g/mol. The third kappa shape index (κ3) is 65.0. The third-order valence-electron chi connectivity index (χ3n) is 14.5. The van der Waals surface area contributed by atoms with E-state index in [0.717, 1.165) is 103 Å². The van der Waals surface area contributed by atoms with Gasteiger partial charge in [-0.15, -0.1) is 0 Å². The smallest absolute Gasteiger partial charge is 0.306 e. The fourth-order valence-electron chi connectivity index (χ4n) is 9.50. The van der Waals surface area contributed by atoms with Crippen LogP contribution in [0.15, 0.2) is 97.2 Å². The van der Waals surface area contributed by atoms with Crippen molar-refractivity contribution in [1.82, 2.24) is 0 Å². The van der Waals surface area contributed by atoms with Crippen molar-refractivity contribution in [3.8, 4) is 0 Å². The molecule has 0 aromatic carbocycles. The Morgan fingerprint density at radius 2 is 0.494 bits per heavy atom. The van der Waals surface area contributed by atoms with Crippen molar-refractivity contribution in [2.45, 2.75) is 335 Å². The maximum atomic E-state index is 12.9. The molecule has 0 radical (unpaired) electrons. The summed E-state index contributed by atoms with van der Waals surface area (Å²) in [5.74, 6) is -0.886. The largest absolute Gasteiger partial charge is 0.462 e. The normalized spacial score (nSPS) is 12.7. The Hall–Kier alpha value is -3.67. The summed E-state index contributed by atoms with van der Waals surface area (Å²) in [6, 6.07) is 0. The van der Waals surface area contributed by atoms with Crippen LogP contribution in [0.1, 0.15) is 329 Å². The van der Waals surface area contributed by atoms with E-state index in [0.29, 0.717) is 19.3 Å². The van der Waals surface area contributed by atoms with Gasteiger partial charge in [0.1, 0.15) is 13.2 Å². The van der Waals surface area contributed by atoms with Crippen molar-refractivity contribution in [2.24, 2.45) is 0 Å². The molecule has 0 fully saturated rings. The maximum Gasteiger partial charge on any atom is 0.306 e. The van der Waals surface area contributed by atoms with Crippen LogP contribution in [0, 0.1) is 0 Å². The first-order chi connectivity index (χ1) is 39.0. The molecule has 6 nitrogen and oxygen atoms in total. The van der Waals surface area contributed by atoms with Gasteiger partial charge in [0.15, 0.2) is 6.10 Å². The lowest BCUT2D eigenvalue weighted by molar-refractivity contribution is -0.167. The number of allylic oxidation sites excluding steroid dienone is 16. The van der Waals surface area contributed by atoms with Gasteiger partial charge in [-0.3, -0.25) is 14.4 Å². The minimum absolute atomic E-state index is 0.0825. The van der Waals surface area contributed by atoms with Crippen LogP contribution in [0.3, 0.4) is 0 Å². The minimum Gasteiger partial charge on any atom is -0.462 e. The molecule has 0 heterocycles. The molecule has 79 heavy (non-hydrogen) atoms. The highest BCUT2D eigenvalue weighted by Gasteiger charge is 2.19. The van der Waals surface area contributed by atoms with Crippen LogP contribution in [0.4, 0.5) is 0 Å². The molecule has 0 saturated heterocycles. The average Bonchev–Trinajstić information content (AvgIpc) is 3.45. The molecule has 0 aliphatic rings. The predicted molar refractivity (Wildman–Crippen MR) is 344 cm³/mol. The summed E-state index contributed by atoms with van der Waals surface area (Å²) >= 11 is 0. The summed E-state index contributed by atoms with van der Waals surface area (Å²) in [5, 5.41) is 0. The van der Waals surface area contributed by atoms with E-state index >= 15 is 0 Å². The third-order valence-corrected chi connectivity index (χ3v) is 14.5. The summed E-state index contributed by atoms with van der Waals surface area (Å²) in [5.41, 5.74) is 0. The number of unbranched alkanes of at least 4 members (excludes halogenated alkanes) is 34. The van der Waals surface area contributed by atoms with Crippen molar-refractivity contribution >= 4 is 17.9 Å². The molecule has 0 spiro atoms. The van der Waals surface area contributed by atoms with Gasteiger partial charge in [0.05, 0.1) is 0 Å². The summed E-state index contributed by atoms with van der Waals surface area (Å²) in [4.78, 5) is 38.4. The molecule has 454 valence electrons. The van der Waals surface area contributed by atoms with Crippen molar-refractivity contribution < 1.29 is 28.6 Å². The van der Waals surface area contributed by atoms with E-state index in [1.54, 1.807) is 0 Å². The number of esters is 3. The Labute approximate surface area is 489 Å². The number of ether oxygens (including phenoxy) is 3. The first-order valence-electron chi connectivity index (χ1n) is 33.7. The summed E-state index contributed by atoms with van der Waals surface area (Å²) in [6.07, 6.45) is 89.8. The van der Waals surface area contributed by atoms with Gasteiger partial charge in [0, 0.05) is 19.3 Å². The predicted octanol–water partition coefficient (Wildman–Crippen LogP) is 23.2. The van der Waals surface area contributed by atoms with Crippen molar-refractivity contribution in [2.75, 3.05) is 13.2 Å². The van der Waals surface area contributed by atoms with E-state index in [2.05, 4.69) is 118 Å². The Morgan fingerprint density at radius 1 is 0.266 bits per heavy atom. The quantitative estimate of drug-likeness (QED) is 0.0261. The molecule has 0 aliphatic carbocycles. The molecule has 0 N–H and O–H groups in total. The lowest BCUT2D eigenvalue weighted by Crippen LogP contribution is -2.30. The van der Waals surface area contributed by atoms with Crippen LogP contribution in [-0.2, 0) is 28.6 Å². The van der Waals surface area contributed by atoms with E-state index in [1.165, 1.54) is 186 Å². The standard InChI is InChI=1S/C73H126O6/c1-4-7-10-13-16-19-22-25-28-31-32-33-34-35-36-37-38-39-40-43-45-48-51-54-57-60-63-66-72(75)78-69-70(79-73(76)67-64-61-58-55-52-49-46-42-30-27-24-21-18-15-12-9-6-3)68-77-71(74)65-62-59-56-53-50-47-44-41-29-26-23-20-17-14-11-8-5-2/h7,10,16,19,25-30,32-33,35-36,38-39,70H,4-6,8-9,11-15,17-18,20-24,31,34,37,40-69H2,1-3H3/b10-7-,19-16-,28-25-,29-26-,30-27-,33-32-,36-35-,39-38-. The molecule has 0 bridgehead atoms. The fourth-order valence-corrected chi connectivity index (χ4v) is 9.50. The molecule has 6 heteroatoms. The number of rotatable bonds is 61. The molecule has 1 unspecified atom stereocenters. The zero-order valence-electron chi connectivity index (χ0n) is 52.1. The zero-order chi connectivity index (χ0) is 57.1. The number of carbonyl (C=O) groups excluding carboxylic acids is 3. The first kappa shape index (κ1) is 75.3. The monoisotopic (exact) mass is 1100 g/mol. The molecule has 0 rings (SSSR count). The Morgan fingerprint density at radius 3 is 0.785 bits per heavy atom. The Kier molecular flexibility index (Phi) is 63.7. The van der Waals surface area contributed by atoms with Gasteiger partial charge in [-0.2, -0.15) is 0 Å². The highest BCUT2D eigenvalue weighted by Crippen LogP contribution is 2.16. The van der Waals surface area contributed by atoms with Gasteiger partial charge < -0.3 is 14.2 Å². The average molecular weight is 1100 g/mol. The first-order valence-corrected chi connectivity index (χ1v) is 33.7.